The van der Waals surface area contributed by atoms with Crippen LogP contribution in [0.15, 0.2) is 22.6 Å². The summed E-state index contributed by atoms with van der Waals surface area (Å²) in [5.41, 5.74) is -0.395. The lowest BCUT2D eigenvalue weighted by molar-refractivity contribution is -0.158. The Hall–Kier alpha value is -1.90. The predicted octanol–water partition coefficient (Wildman–Crippen LogP) is 1.79. The van der Waals surface area contributed by atoms with Crippen molar-refractivity contribution < 1.29 is 18.0 Å². The predicted molar refractivity (Wildman–Crippen MR) is 70.2 cm³/mol. The highest BCUT2D eigenvalue weighted by Crippen LogP contribution is 2.26. The first-order valence-electron chi connectivity index (χ1n) is 6.17. The molecule has 3 rings (SSSR count). The summed E-state index contributed by atoms with van der Waals surface area (Å²) in [6.07, 6.45) is -3.03. The molecule has 0 N–H and O–H groups in total. The van der Waals surface area contributed by atoms with Crippen LogP contribution in [0.25, 0.3) is 10.2 Å². The van der Waals surface area contributed by atoms with E-state index >= 15 is 0 Å². The van der Waals surface area contributed by atoms with E-state index in [1.807, 2.05) is 0 Å². The highest BCUT2D eigenvalue weighted by Gasteiger charge is 2.40. The van der Waals surface area contributed by atoms with E-state index in [9.17, 15) is 22.8 Å². The van der Waals surface area contributed by atoms with Gasteiger partial charge in [0.25, 0.3) is 5.56 Å². The summed E-state index contributed by atoms with van der Waals surface area (Å²) in [6.45, 7) is -1.30. The summed E-state index contributed by atoms with van der Waals surface area (Å²) in [4.78, 5) is 29.7. The maximum Gasteiger partial charge on any atom is 0.406 e. The third kappa shape index (κ3) is 2.53. The summed E-state index contributed by atoms with van der Waals surface area (Å²) in [7, 11) is 0. The van der Waals surface area contributed by atoms with Crippen LogP contribution in [0.3, 0.4) is 0 Å². The average molecular weight is 317 g/mol. The Morgan fingerprint density at radius 1 is 1.38 bits per heavy atom. The van der Waals surface area contributed by atoms with Crippen LogP contribution in [0.1, 0.15) is 12.5 Å². The minimum Gasteiger partial charge on any atom is -0.332 e. The number of hydrogen-bond donors (Lipinski definition) is 0. The number of halogens is 3. The number of carbonyl (C=O) groups is 1. The molecular weight excluding hydrogens is 307 g/mol. The molecule has 1 aliphatic rings. The molecule has 3 heterocycles. The molecule has 0 saturated carbocycles. The zero-order valence-electron chi connectivity index (χ0n) is 10.6. The van der Waals surface area contributed by atoms with Crippen molar-refractivity contribution in [2.24, 2.45) is 0 Å². The lowest BCUT2D eigenvalue weighted by atomic mass is 10.2. The van der Waals surface area contributed by atoms with Gasteiger partial charge in [-0.3, -0.25) is 14.2 Å². The van der Waals surface area contributed by atoms with Gasteiger partial charge < -0.3 is 4.90 Å². The van der Waals surface area contributed by atoms with Gasteiger partial charge in [0, 0.05) is 6.54 Å². The van der Waals surface area contributed by atoms with E-state index < -0.39 is 30.2 Å². The Morgan fingerprint density at radius 2 is 2.14 bits per heavy atom. The number of thiophene rings is 1. The summed E-state index contributed by atoms with van der Waals surface area (Å²) >= 11 is 1.29. The van der Waals surface area contributed by atoms with Gasteiger partial charge in [-0.2, -0.15) is 13.2 Å². The monoisotopic (exact) mass is 317 g/mol. The minimum absolute atomic E-state index is 0.0167. The molecular formula is C12H10F3N3O2S. The molecule has 1 fully saturated rings. The molecule has 21 heavy (non-hydrogen) atoms. The molecule has 112 valence electrons. The zero-order valence-corrected chi connectivity index (χ0v) is 11.4. The fourth-order valence-electron chi connectivity index (χ4n) is 2.45. The van der Waals surface area contributed by atoms with Crippen molar-refractivity contribution in [3.05, 3.63) is 28.1 Å². The Kier molecular flexibility index (Phi) is 3.23. The summed E-state index contributed by atoms with van der Waals surface area (Å²) < 4.78 is 38.3. The first-order valence-corrected chi connectivity index (χ1v) is 7.05. The molecule has 0 spiro atoms. The van der Waals surface area contributed by atoms with E-state index in [-0.39, 0.29) is 13.0 Å². The van der Waals surface area contributed by atoms with E-state index in [4.69, 9.17) is 0 Å². The van der Waals surface area contributed by atoms with Gasteiger partial charge in [0.15, 0.2) is 0 Å². The summed E-state index contributed by atoms with van der Waals surface area (Å²) in [6, 6.07) is 0.690. The van der Waals surface area contributed by atoms with Crippen molar-refractivity contribution in [2.45, 2.75) is 18.6 Å². The third-order valence-corrected chi connectivity index (χ3v) is 4.20. The maximum absolute atomic E-state index is 12.4. The fraction of sp³-hybridized carbons (Fsp3) is 0.417. The van der Waals surface area contributed by atoms with Crippen molar-refractivity contribution in [3.8, 4) is 0 Å². The van der Waals surface area contributed by atoms with Crippen molar-refractivity contribution in [2.75, 3.05) is 13.1 Å². The van der Waals surface area contributed by atoms with Crippen LogP contribution in [-0.4, -0.2) is 39.6 Å². The average Bonchev–Trinajstić information content (AvgIpc) is 2.98. The lowest BCUT2D eigenvalue weighted by Crippen LogP contribution is -2.38. The van der Waals surface area contributed by atoms with Crippen LogP contribution < -0.4 is 5.56 Å². The minimum atomic E-state index is -4.44. The van der Waals surface area contributed by atoms with Crippen LogP contribution in [0, 0.1) is 0 Å². The number of carbonyl (C=O) groups excluding carboxylic acids is 1. The second kappa shape index (κ2) is 4.83. The van der Waals surface area contributed by atoms with Crippen LogP contribution in [0.2, 0.25) is 0 Å². The van der Waals surface area contributed by atoms with Gasteiger partial charge >= 0.3 is 6.18 Å². The van der Waals surface area contributed by atoms with Gasteiger partial charge in [-0.05, 0) is 17.9 Å². The lowest BCUT2D eigenvalue weighted by Gasteiger charge is -2.18. The number of likely N-dealkylation sites (tertiary alicyclic amines) is 1. The largest absolute Gasteiger partial charge is 0.406 e. The Balaban J connectivity index is 1.92. The van der Waals surface area contributed by atoms with Crippen molar-refractivity contribution in [3.63, 3.8) is 0 Å². The van der Waals surface area contributed by atoms with Gasteiger partial charge in [0.2, 0.25) is 5.91 Å². The first kappa shape index (κ1) is 14.1. The third-order valence-electron chi connectivity index (χ3n) is 3.38. The molecule has 9 heteroatoms. The number of alkyl halides is 3. The molecule has 1 saturated heterocycles. The van der Waals surface area contributed by atoms with E-state index in [0.717, 1.165) is 9.47 Å². The summed E-state index contributed by atoms with van der Waals surface area (Å²) in [5.74, 6) is -0.689. The Bertz CT molecular complexity index is 752. The maximum atomic E-state index is 12.4. The second-order valence-corrected chi connectivity index (χ2v) is 5.67. The fourth-order valence-corrected chi connectivity index (χ4v) is 3.17. The van der Waals surface area contributed by atoms with Crippen molar-refractivity contribution in [1.82, 2.24) is 14.5 Å². The number of nitrogens with zero attached hydrogens (tertiary/aromatic N) is 3. The highest BCUT2D eigenvalue weighted by molar-refractivity contribution is 7.16. The van der Waals surface area contributed by atoms with Crippen LogP contribution >= 0.6 is 11.3 Å². The number of hydrogen-bond acceptors (Lipinski definition) is 4. The van der Waals surface area contributed by atoms with Gasteiger partial charge in [0.05, 0.1) is 11.7 Å². The molecule has 5 nitrogen and oxygen atoms in total. The standard InChI is InChI=1S/C12H10F3N3O2S/c13-12(14,15)5-17-3-1-8(11(17)20)18-6-16-9-7(10(18)19)2-4-21-9/h2,4,6,8H,1,3,5H2/t8-/m1/s1. The summed E-state index contributed by atoms with van der Waals surface area (Å²) in [5, 5.41) is 2.08. The Morgan fingerprint density at radius 3 is 2.86 bits per heavy atom. The number of amides is 1. The molecule has 0 bridgehead atoms. The Labute approximate surface area is 120 Å². The normalized spacial score (nSPS) is 19.7. The van der Waals surface area contributed by atoms with E-state index in [0.29, 0.717) is 10.2 Å². The van der Waals surface area contributed by atoms with Gasteiger partial charge in [-0.25, -0.2) is 4.98 Å². The van der Waals surface area contributed by atoms with Gasteiger partial charge in [-0.1, -0.05) is 0 Å². The van der Waals surface area contributed by atoms with Crippen LogP contribution in [-0.2, 0) is 4.79 Å². The molecule has 0 aromatic carbocycles. The van der Waals surface area contributed by atoms with Crippen LogP contribution in [0.4, 0.5) is 13.2 Å². The molecule has 2 aromatic rings. The molecule has 2 aromatic heterocycles. The quantitative estimate of drug-likeness (QED) is 0.848. The SMILES string of the molecule is O=C1[C@H](n2cnc3sccc3c2=O)CCN1CC(F)(F)F. The molecule has 1 amide bonds. The molecule has 1 aliphatic heterocycles. The second-order valence-electron chi connectivity index (χ2n) is 4.78. The zero-order chi connectivity index (χ0) is 15.2. The highest BCUT2D eigenvalue weighted by atomic mass is 32.1. The molecule has 1 atom stereocenters. The van der Waals surface area contributed by atoms with Gasteiger partial charge in [0.1, 0.15) is 17.4 Å². The number of fused-ring (bicyclic) bond motifs is 1. The number of rotatable bonds is 2. The number of aromatic nitrogens is 2. The van der Waals surface area contributed by atoms with Crippen molar-refractivity contribution >= 4 is 27.5 Å². The smallest absolute Gasteiger partial charge is 0.332 e. The molecule has 0 unspecified atom stereocenters. The van der Waals surface area contributed by atoms with E-state index in [1.165, 1.54) is 17.7 Å². The molecule has 0 radical (unpaired) electrons. The van der Waals surface area contributed by atoms with Crippen molar-refractivity contribution in [1.29, 1.82) is 0 Å². The van der Waals surface area contributed by atoms with E-state index in [2.05, 4.69) is 4.98 Å². The molecule has 0 aliphatic carbocycles. The van der Waals surface area contributed by atoms with E-state index in [1.54, 1.807) is 11.4 Å². The van der Waals surface area contributed by atoms with Crippen LogP contribution in [0.5, 0.6) is 0 Å². The van der Waals surface area contributed by atoms with Gasteiger partial charge in [-0.15, -0.1) is 11.3 Å². The topological polar surface area (TPSA) is 55.2 Å². The first-order chi connectivity index (χ1) is 9.87.